The zero-order valence-electron chi connectivity index (χ0n) is 9.94. The number of fused-ring (bicyclic) bond motifs is 3. The highest BCUT2D eigenvalue weighted by Gasteiger charge is 2.33. The van der Waals surface area contributed by atoms with E-state index >= 15 is 0 Å². The summed E-state index contributed by atoms with van der Waals surface area (Å²) in [5.74, 6) is 2.82. The van der Waals surface area contributed by atoms with Gasteiger partial charge in [-0.2, -0.15) is 0 Å². The van der Waals surface area contributed by atoms with Crippen LogP contribution in [-0.4, -0.2) is 30.3 Å². The maximum atomic E-state index is 12.8. The lowest BCUT2D eigenvalue weighted by atomic mass is 9.80. The van der Waals surface area contributed by atoms with Gasteiger partial charge in [0.05, 0.1) is 0 Å². The molecule has 0 N–H and O–H groups in total. The lowest BCUT2D eigenvalue weighted by Gasteiger charge is -2.44. The van der Waals surface area contributed by atoms with Crippen molar-refractivity contribution in [2.75, 3.05) is 25.4 Å². The normalized spacial score (nSPS) is 31.7. The van der Waals surface area contributed by atoms with E-state index in [2.05, 4.69) is 4.90 Å². The average Bonchev–Trinajstić information content (AvgIpc) is 2.39. The van der Waals surface area contributed by atoms with Crippen LogP contribution in [-0.2, 0) is 0 Å². The Labute approximate surface area is 106 Å². The summed E-state index contributed by atoms with van der Waals surface area (Å²) in [6.45, 7) is 3.89. The van der Waals surface area contributed by atoms with Gasteiger partial charge in [0, 0.05) is 17.2 Å². The largest absolute Gasteiger partial charge is 0.303 e. The second kappa shape index (κ2) is 4.99. The highest BCUT2D eigenvalue weighted by atomic mass is 32.2. The molecule has 2 bridgehead atoms. The van der Waals surface area contributed by atoms with Crippen molar-refractivity contribution in [2.24, 2.45) is 11.8 Å². The summed E-state index contributed by atoms with van der Waals surface area (Å²) in [5, 5.41) is 0. The average molecular weight is 251 g/mol. The maximum Gasteiger partial charge on any atom is 0.123 e. The number of hydrogen-bond acceptors (Lipinski definition) is 2. The molecule has 3 aliphatic heterocycles. The molecule has 0 unspecified atom stereocenters. The van der Waals surface area contributed by atoms with Crippen molar-refractivity contribution in [3.05, 3.63) is 30.1 Å². The van der Waals surface area contributed by atoms with Crippen LogP contribution >= 0.6 is 11.8 Å². The first-order chi connectivity index (χ1) is 8.31. The van der Waals surface area contributed by atoms with Crippen molar-refractivity contribution >= 4 is 11.8 Å². The van der Waals surface area contributed by atoms with Gasteiger partial charge < -0.3 is 4.90 Å². The van der Waals surface area contributed by atoms with Crippen molar-refractivity contribution in [3.8, 4) is 0 Å². The summed E-state index contributed by atoms with van der Waals surface area (Å²) in [4.78, 5) is 3.79. The van der Waals surface area contributed by atoms with Crippen LogP contribution in [0.15, 0.2) is 29.2 Å². The number of rotatable bonds is 3. The standard InChI is InChI=1S/C14H18FNS/c15-13-1-3-14(4-2-13)17-10-12-9-16-7-5-11(12)6-8-16/h1-4,11-12H,5-10H2/t12-/m0/s1. The molecule has 92 valence electrons. The van der Waals surface area contributed by atoms with Crippen LogP contribution in [0.1, 0.15) is 12.8 Å². The van der Waals surface area contributed by atoms with E-state index in [1.165, 1.54) is 43.1 Å². The molecule has 0 amide bonds. The van der Waals surface area contributed by atoms with Gasteiger partial charge >= 0.3 is 0 Å². The smallest absolute Gasteiger partial charge is 0.123 e. The summed E-state index contributed by atoms with van der Waals surface area (Å²) in [6, 6.07) is 6.89. The monoisotopic (exact) mass is 251 g/mol. The van der Waals surface area contributed by atoms with E-state index in [9.17, 15) is 4.39 Å². The van der Waals surface area contributed by atoms with E-state index in [0.717, 1.165) is 11.8 Å². The van der Waals surface area contributed by atoms with Crippen LogP contribution in [0.2, 0.25) is 0 Å². The minimum atomic E-state index is -0.141. The third-order valence-corrected chi connectivity index (χ3v) is 5.27. The Morgan fingerprint density at radius 3 is 2.47 bits per heavy atom. The highest BCUT2D eigenvalue weighted by Crippen LogP contribution is 2.35. The maximum absolute atomic E-state index is 12.8. The third-order valence-electron chi connectivity index (χ3n) is 4.07. The predicted octanol–water partition coefficient (Wildman–Crippen LogP) is 3.26. The Morgan fingerprint density at radius 1 is 1.18 bits per heavy atom. The Hall–Kier alpha value is -0.540. The molecule has 0 radical (unpaired) electrons. The van der Waals surface area contributed by atoms with Gasteiger partial charge in [-0.3, -0.25) is 0 Å². The molecule has 3 heterocycles. The third kappa shape index (κ3) is 2.66. The van der Waals surface area contributed by atoms with Crippen LogP contribution in [0.25, 0.3) is 0 Å². The zero-order valence-corrected chi connectivity index (χ0v) is 10.8. The SMILES string of the molecule is Fc1ccc(SC[C@@H]2CN3CCC2CC3)cc1. The summed E-state index contributed by atoms with van der Waals surface area (Å²) in [5.41, 5.74) is 0. The first-order valence-electron chi connectivity index (χ1n) is 6.42. The fourth-order valence-corrected chi connectivity index (χ4v) is 4.12. The number of nitrogens with zero attached hydrogens (tertiary/aromatic N) is 1. The summed E-state index contributed by atoms with van der Waals surface area (Å²) in [7, 11) is 0. The van der Waals surface area contributed by atoms with E-state index in [0.29, 0.717) is 0 Å². The Morgan fingerprint density at radius 2 is 1.88 bits per heavy atom. The summed E-state index contributed by atoms with van der Waals surface area (Å²) >= 11 is 1.88. The Kier molecular flexibility index (Phi) is 3.39. The van der Waals surface area contributed by atoms with E-state index in [4.69, 9.17) is 0 Å². The van der Waals surface area contributed by atoms with Crippen molar-refractivity contribution in [3.63, 3.8) is 0 Å². The molecule has 3 heteroatoms. The molecule has 0 aliphatic carbocycles. The number of thioether (sulfide) groups is 1. The van der Waals surface area contributed by atoms with Gasteiger partial charge in [-0.05, 0) is 62.0 Å². The van der Waals surface area contributed by atoms with Crippen molar-refractivity contribution in [2.45, 2.75) is 17.7 Å². The van der Waals surface area contributed by atoms with Crippen molar-refractivity contribution in [1.82, 2.24) is 4.90 Å². The summed E-state index contributed by atoms with van der Waals surface area (Å²) in [6.07, 6.45) is 2.77. The molecule has 1 aromatic rings. The molecule has 0 aromatic heterocycles. The Bertz CT molecular complexity index is 370. The van der Waals surface area contributed by atoms with E-state index in [1.54, 1.807) is 12.1 Å². The molecule has 1 nitrogen and oxygen atoms in total. The highest BCUT2D eigenvalue weighted by molar-refractivity contribution is 7.99. The van der Waals surface area contributed by atoms with Crippen molar-refractivity contribution in [1.29, 1.82) is 0 Å². The lowest BCUT2D eigenvalue weighted by Crippen LogP contribution is -2.48. The minimum absolute atomic E-state index is 0.141. The molecule has 1 aromatic carbocycles. The van der Waals surface area contributed by atoms with Gasteiger partial charge in [0.25, 0.3) is 0 Å². The molecular formula is C14H18FNS. The molecule has 3 saturated heterocycles. The van der Waals surface area contributed by atoms with E-state index in [-0.39, 0.29) is 5.82 Å². The van der Waals surface area contributed by atoms with Gasteiger partial charge in [-0.25, -0.2) is 4.39 Å². The topological polar surface area (TPSA) is 3.24 Å². The number of benzene rings is 1. The van der Waals surface area contributed by atoms with Crippen LogP contribution in [0, 0.1) is 17.7 Å². The number of hydrogen-bond donors (Lipinski definition) is 0. The summed E-state index contributed by atoms with van der Waals surface area (Å²) < 4.78 is 12.8. The molecule has 1 atom stereocenters. The van der Waals surface area contributed by atoms with Crippen LogP contribution < -0.4 is 0 Å². The number of halogens is 1. The second-order valence-corrected chi connectivity index (χ2v) is 6.26. The van der Waals surface area contributed by atoms with Gasteiger partial charge in [0.2, 0.25) is 0 Å². The molecule has 0 saturated carbocycles. The second-order valence-electron chi connectivity index (χ2n) is 5.16. The molecule has 3 fully saturated rings. The minimum Gasteiger partial charge on any atom is -0.303 e. The van der Waals surface area contributed by atoms with Gasteiger partial charge in [0.15, 0.2) is 0 Å². The molecule has 0 spiro atoms. The first-order valence-corrected chi connectivity index (χ1v) is 7.40. The predicted molar refractivity (Wildman–Crippen MR) is 69.8 cm³/mol. The number of piperidine rings is 3. The van der Waals surface area contributed by atoms with Gasteiger partial charge in [0.1, 0.15) is 5.82 Å². The van der Waals surface area contributed by atoms with Gasteiger partial charge in [-0.1, -0.05) is 0 Å². The quantitative estimate of drug-likeness (QED) is 0.759. The molecule has 3 aliphatic rings. The lowest BCUT2D eigenvalue weighted by molar-refractivity contribution is 0.0626. The molecular weight excluding hydrogens is 233 g/mol. The fraction of sp³-hybridized carbons (Fsp3) is 0.571. The van der Waals surface area contributed by atoms with Gasteiger partial charge in [-0.15, -0.1) is 11.8 Å². The van der Waals surface area contributed by atoms with E-state index < -0.39 is 0 Å². The fourth-order valence-electron chi connectivity index (χ4n) is 3.01. The van der Waals surface area contributed by atoms with Crippen LogP contribution in [0.3, 0.4) is 0 Å². The van der Waals surface area contributed by atoms with E-state index in [1.807, 2.05) is 23.9 Å². The first kappa shape index (κ1) is 11.5. The van der Waals surface area contributed by atoms with Crippen LogP contribution in [0.4, 0.5) is 4.39 Å². The molecule has 17 heavy (non-hydrogen) atoms. The zero-order chi connectivity index (χ0) is 11.7. The molecule has 4 rings (SSSR count). The van der Waals surface area contributed by atoms with Crippen molar-refractivity contribution < 1.29 is 4.39 Å². The Balaban J connectivity index is 1.56. The van der Waals surface area contributed by atoms with Crippen LogP contribution in [0.5, 0.6) is 0 Å².